The highest BCUT2D eigenvalue weighted by Crippen LogP contribution is 2.35. The van der Waals surface area contributed by atoms with Crippen LogP contribution in [0.3, 0.4) is 0 Å². The summed E-state index contributed by atoms with van der Waals surface area (Å²) in [4.78, 5) is 10.6. The standard InChI is InChI=1S/C16H24OSi/c1-3-18(16-6-4-14(2)5-7-16)12-9-15(8-11-17)10-13-18/h4-7,11,15H,3,8-10,12-13H2,1-2H3. The highest BCUT2D eigenvalue weighted by Gasteiger charge is 2.37. The van der Waals surface area contributed by atoms with Crippen molar-refractivity contribution in [2.45, 2.75) is 51.2 Å². The maximum Gasteiger partial charge on any atom is 0.120 e. The monoisotopic (exact) mass is 260 g/mol. The van der Waals surface area contributed by atoms with Gasteiger partial charge in [-0.3, -0.25) is 0 Å². The van der Waals surface area contributed by atoms with E-state index in [9.17, 15) is 4.79 Å². The van der Waals surface area contributed by atoms with Crippen LogP contribution in [-0.4, -0.2) is 14.4 Å². The summed E-state index contributed by atoms with van der Waals surface area (Å²) in [6, 6.07) is 13.4. The Kier molecular flexibility index (Phi) is 4.39. The molecule has 0 saturated carbocycles. The largest absolute Gasteiger partial charge is 0.303 e. The fourth-order valence-electron chi connectivity index (χ4n) is 3.36. The van der Waals surface area contributed by atoms with Gasteiger partial charge in [-0.25, -0.2) is 0 Å². The summed E-state index contributed by atoms with van der Waals surface area (Å²) in [7, 11) is -1.24. The molecule has 1 aliphatic rings. The molecule has 0 aromatic heterocycles. The van der Waals surface area contributed by atoms with Crippen LogP contribution in [0.5, 0.6) is 0 Å². The first kappa shape index (κ1) is 13.5. The zero-order chi connectivity index (χ0) is 13.0. The maximum absolute atomic E-state index is 10.6. The molecule has 0 atom stereocenters. The third-order valence-corrected chi connectivity index (χ3v) is 10.2. The smallest absolute Gasteiger partial charge is 0.120 e. The molecule has 1 saturated heterocycles. The van der Waals surface area contributed by atoms with E-state index in [-0.39, 0.29) is 0 Å². The molecule has 0 bridgehead atoms. The van der Waals surface area contributed by atoms with Gasteiger partial charge in [-0.1, -0.05) is 72.9 Å². The van der Waals surface area contributed by atoms with Gasteiger partial charge in [-0.15, -0.1) is 0 Å². The Hall–Kier alpha value is -0.893. The van der Waals surface area contributed by atoms with Crippen molar-refractivity contribution in [1.82, 2.24) is 0 Å². The van der Waals surface area contributed by atoms with E-state index in [1.807, 2.05) is 0 Å². The van der Waals surface area contributed by atoms with Crippen molar-refractivity contribution in [2.75, 3.05) is 0 Å². The Morgan fingerprint density at radius 1 is 1.22 bits per heavy atom. The van der Waals surface area contributed by atoms with E-state index in [0.29, 0.717) is 5.92 Å². The fourth-order valence-corrected chi connectivity index (χ4v) is 8.09. The van der Waals surface area contributed by atoms with Crippen LogP contribution in [0.15, 0.2) is 24.3 Å². The van der Waals surface area contributed by atoms with Crippen molar-refractivity contribution < 1.29 is 4.79 Å². The molecule has 1 aromatic carbocycles. The number of aryl methyl sites for hydroxylation is 1. The van der Waals surface area contributed by atoms with Gasteiger partial charge in [-0.2, -0.15) is 0 Å². The molecule has 0 unspecified atom stereocenters. The lowest BCUT2D eigenvalue weighted by molar-refractivity contribution is -0.108. The van der Waals surface area contributed by atoms with Gasteiger partial charge in [0.1, 0.15) is 6.29 Å². The van der Waals surface area contributed by atoms with E-state index in [2.05, 4.69) is 38.1 Å². The summed E-state index contributed by atoms with van der Waals surface area (Å²) in [5, 5.41) is 1.64. The van der Waals surface area contributed by atoms with Crippen molar-refractivity contribution in [2.24, 2.45) is 5.92 Å². The Bertz CT molecular complexity index is 388. The molecule has 0 N–H and O–H groups in total. The lowest BCUT2D eigenvalue weighted by Gasteiger charge is -2.38. The van der Waals surface area contributed by atoms with Crippen LogP contribution in [0.2, 0.25) is 18.1 Å². The van der Waals surface area contributed by atoms with Crippen LogP contribution >= 0.6 is 0 Å². The van der Waals surface area contributed by atoms with Gasteiger partial charge in [0.15, 0.2) is 0 Å². The van der Waals surface area contributed by atoms with Crippen LogP contribution in [0.1, 0.15) is 31.7 Å². The third-order valence-electron chi connectivity index (χ3n) is 4.83. The van der Waals surface area contributed by atoms with E-state index < -0.39 is 8.07 Å². The van der Waals surface area contributed by atoms with Crippen LogP contribution in [-0.2, 0) is 4.79 Å². The molecule has 0 spiro atoms. The summed E-state index contributed by atoms with van der Waals surface area (Å²) >= 11 is 0. The molecule has 18 heavy (non-hydrogen) atoms. The SMILES string of the molecule is CC[Si]1(c2ccc(C)cc2)CCC(CC=O)CC1. The average molecular weight is 260 g/mol. The number of rotatable bonds is 4. The Morgan fingerprint density at radius 2 is 1.83 bits per heavy atom. The molecule has 0 amide bonds. The molecule has 0 radical (unpaired) electrons. The van der Waals surface area contributed by atoms with Crippen LogP contribution in [0.4, 0.5) is 0 Å². The zero-order valence-corrected chi connectivity index (χ0v) is 12.6. The molecule has 1 fully saturated rings. The van der Waals surface area contributed by atoms with Gasteiger partial charge >= 0.3 is 0 Å². The van der Waals surface area contributed by atoms with Crippen molar-refractivity contribution in [3.63, 3.8) is 0 Å². The van der Waals surface area contributed by atoms with Crippen molar-refractivity contribution in [3.8, 4) is 0 Å². The molecular formula is C16H24OSi. The second-order valence-electron chi connectivity index (χ2n) is 5.85. The highest BCUT2D eigenvalue weighted by molar-refractivity contribution is 6.92. The Labute approximate surface area is 112 Å². The first-order chi connectivity index (χ1) is 8.70. The molecule has 1 nitrogen and oxygen atoms in total. The highest BCUT2D eigenvalue weighted by atomic mass is 28.3. The van der Waals surface area contributed by atoms with Crippen molar-refractivity contribution in [3.05, 3.63) is 29.8 Å². The molecule has 2 rings (SSSR count). The molecular weight excluding hydrogens is 236 g/mol. The molecule has 2 heteroatoms. The first-order valence-corrected chi connectivity index (χ1v) is 9.83. The van der Waals surface area contributed by atoms with E-state index in [1.54, 1.807) is 5.19 Å². The quantitative estimate of drug-likeness (QED) is 0.596. The minimum Gasteiger partial charge on any atom is -0.303 e. The topological polar surface area (TPSA) is 17.1 Å². The average Bonchev–Trinajstić information content (AvgIpc) is 2.41. The second-order valence-corrected chi connectivity index (χ2v) is 10.7. The predicted octanol–water partition coefficient (Wildman–Crippen LogP) is 3.67. The maximum atomic E-state index is 10.6. The van der Waals surface area contributed by atoms with Gasteiger partial charge < -0.3 is 4.79 Å². The van der Waals surface area contributed by atoms with E-state index in [0.717, 1.165) is 12.7 Å². The lowest BCUT2D eigenvalue weighted by Crippen LogP contribution is -2.49. The van der Waals surface area contributed by atoms with E-state index >= 15 is 0 Å². The minimum atomic E-state index is -1.24. The predicted molar refractivity (Wildman–Crippen MR) is 80.1 cm³/mol. The minimum absolute atomic E-state index is 0.667. The number of hydrogen-bond acceptors (Lipinski definition) is 1. The fraction of sp³-hybridized carbons (Fsp3) is 0.562. The summed E-state index contributed by atoms with van der Waals surface area (Å²) in [6.07, 6.45) is 4.43. The summed E-state index contributed by atoms with van der Waals surface area (Å²) in [5.41, 5.74) is 1.36. The number of carbonyl (C=O) groups excluding carboxylic acids is 1. The Morgan fingerprint density at radius 3 is 2.33 bits per heavy atom. The van der Waals surface area contributed by atoms with Crippen molar-refractivity contribution >= 4 is 19.5 Å². The second kappa shape index (κ2) is 5.83. The number of benzene rings is 1. The Balaban J connectivity index is 2.13. The normalized spacial score (nSPS) is 28.0. The van der Waals surface area contributed by atoms with Gasteiger partial charge in [-0.05, 0) is 12.8 Å². The van der Waals surface area contributed by atoms with Gasteiger partial charge in [0.2, 0.25) is 0 Å². The van der Waals surface area contributed by atoms with E-state index in [4.69, 9.17) is 0 Å². The van der Waals surface area contributed by atoms with E-state index in [1.165, 1.54) is 36.5 Å². The summed E-state index contributed by atoms with van der Waals surface area (Å²) < 4.78 is 0. The van der Waals surface area contributed by atoms with Crippen LogP contribution in [0.25, 0.3) is 0 Å². The van der Waals surface area contributed by atoms with Crippen molar-refractivity contribution in [1.29, 1.82) is 0 Å². The first-order valence-electron chi connectivity index (χ1n) is 7.21. The molecule has 1 aromatic rings. The number of aldehydes is 1. The molecule has 98 valence electrons. The third kappa shape index (κ3) is 2.74. The van der Waals surface area contributed by atoms with Gasteiger partial charge in [0, 0.05) is 6.42 Å². The summed E-state index contributed by atoms with van der Waals surface area (Å²) in [6.45, 7) is 4.52. The lowest BCUT2D eigenvalue weighted by atomic mass is 10.00. The summed E-state index contributed by atoms with van der Waals surface area (Å²) in [5.74, 6) is 0.667. The zero-order valence-electron chi connectivity index (χ0n) is 11.6. The molecule has 1 heterocycles. The van der Waals surface area contributed by atoms with Gasteiger partial charge in [0.05, 0.1) is 8.07 Å². The van der Waals surface area contributed by atoms with Gasteiger partial charge in [0.25, 0.3) is 0 Å². The molecule has 0 aliphatic carbocycles. The van der Waals surface area contributed by atoms with Crippen LogP contribution in [0, 0.1) is 12.8 Å². The number of hydrogen-bond donors (Lipinski definition) is 0. The number of carbonyl (C=O) groups is 1. The van der Waals surface area contributed by atoms with Crippen LogP contribution < -0.4 is 5.19 Å². The molecule has 1 aliphatic heterocycles.